The molecule has 0 spiro atoms. The van der Waals surface area contributed by atoms with Gasteiger partial charge in [0.2, 0.25) is 0 Å². The molecule has 0 saturated carbocycles. The van der Waals surface area contributed by atoms with E-state index in [9.17, 15) is 22.8 Å². The molecule has 0 saturated heterocycles. The van der Waals surface area contributed by atoms with Crippen LogP contribution in [0.4, 0.5) is 18.9 Å². The lowest BCUT2D eigenvalue weighted by atomic mass is 10.1. The highest BCUT2D eigenvalue weighted by Crippen LogP contribution is 2.35. The SMILES string of the molecule is COCCOc1ccc(C(F)(F)F)cc1NC(=O)COC(=O)c1c(C)nn(Cc2ccccc2Cl)c1C. The first-order chi connectivity index (χ1) is 17.5. The van der Waals surface area contributed by atoms with E-state index >= 15 is 0 Å². The van der Waals surface area contributed by atoms with E-state index in [0.29, 0.717) is 23.0 Å². The monoisotopic (exact) mass is 539 g/mol. The highest BCUT2D eigenvalue weighted by Gasteiger charge is 2.31. The van der Waals surface area contributed by atoms with E-state index in [4.69, 9.17) is 25.8 Å². The Labute approximate surface area is 216 Å². The summed E-state index contributed by atoms with van der Waals surface area (Å²) in [7, 11) is 1.44. The van der Waals surface area contributed by atoms with Gasteiger partial charge in [-0.3, -0.25) is 9.48 Å². The van der Waals surface area contributed by atoms with Crippen LogP contribution in [0.25, 0.3) is 0 Å². The maximum atomic E-state index is 13.2. The number of hydrogen-bond acceptors (Lipinski definition) is 6. The van der Waals surface area contributed by atoms with Crippen molar-refractivity contribution in [2.75, 3.05) is 32.2 Å². The Morgan fingerprint density at radius 2 is 1.84 bits per heavy atom. The van der Waals surface area contributed by atoms with Crippen LogP contribution in [0.3, 0.4) is 0 Å². The number of carbonyl (C=O) groups is 2. The molecule has 3 rings (SSSR count). The van der Waals surface area contributed by atoms with Crippen molar-refractivity contribution < 1.29 is 37.0 Å². The molecule has 1 amide bonds. The van der Waals surface area contributed by atoms with Crippen molar-refractivity contribution in [1.82, 2.24) is 9.78 Å². The van der Waals surface area contributed by atoms with Crippen LogP contribution in [0, 0.1) is 13.8 Å². The number of anilines is 1. The third kappa shape index (κ3) is 7.23. The lowest BCUT2D eigenvalue weighted by molar-refractivity contribution is -0.137. The Balaban J connectivity index is 1.69. The highest BCUT2D eigenvalue weighted by molar-refractivity contribution is 6.31. The maximum Gasteiger partial charge on any atom is 0.416 e. The van der Waals surface area contributed by atoms with Gasteiger partial charge in [-0.1, -0.05) is 29.8 Å². The third-order valence-corrected chi connectivity index (χ3v) is 5.69. The summed E-state index contributed by atoms with van der Waals surface area (Å²) in [6.45, 7) is 3.13. The number of nitrogens with one attached hydrogen (secondary N) is 1. The minimum atomic E-state index is -4.63. The molecule has 2 aromatic carbocycles. The molecule has 0 aliphatic heterocycles. The summed E-state index contributed by atoms with van der Waals surface area (Å²) in [5.41, 5.74) is 0.695. The van der Waals surface area contributed by atoms with Crippen LogP contribution in [0.5, 0.6) is 5.75 Å². The minimum absolute atomic E-state index is 0.0114. The van der Waals surface area contributed by atoms with Crippen molar-refractivity contribution in [3.05, 3.63) is 75.6 Å². The molecule has 1 heterocycles. The molecule has 37 heavy (non-hydrogen) atoms. The smallest absolute Gasteiger partial charge is 0.416 e. The summed E-state index contributed by atoms with van der Waals surface area (Å²) in [4.78, 5) is 25.2. The number of esters is 1. The maximum absolute atomic E-state index is 13.2. The van der Waals surface area contributed by atoms with E-state index in [1.165, 1.54) is 7.11 Å². The minimum Gasteiger partial charge on any atom is -0.489 e. The molecule has 8 nitrogen and oxygen atoms in total. The van der Waals surface area contributed by atoms with Crippen molar-refractivity contribution in [3.8, 4) is 5.75 Å². The molecule has 0 fully saturated rings. The number of aromatic nitrogens is 2. The number of halogens is 4. The molecule has 1 N–H and O–H groups in total. The zero-order valence-electron chi connectivity index (χ0n) is 20.3. The highest BCUT2D eigenvalue weighted by atomic mass is 35.5. The molecule has 0 bridgehead atoms. The normalized spacial score (nSPS) is 11.3. The van der Waals surface area contributed by atoms with Crippen molar-refractivity contribution in [2.24, 2.45) is 0 Å². The van der Waals surface area contributed by atoms with Gasteiger partial charge in [0.1, 0.15) is 17.9 Å². The predicted octanol–water partition coefficient (Wildman–Crippen LogP) is 5.04. The summed E-state index contributed by atoms with van der Waals surface area (Å²) >= 11 is 6.21. The largest absolute Gasteiger partial charge is 0.489 e. The standard InChI is InChI=1S/C25H25ClF3N3O5/c1-15-23(16(2)32(31-15)13-17-6-4-5-7-19(17)26)24(34)37-14-22(33)30-20-12-18(25(27,28)29)8-9-21(20)36-11-10-35-3/h4-9,12H,10-11,13-14H2,1-3H3,(H,30,33). The molecular weight excluding hydrogens is 515 g/mol. The number of methoxy groups -OCH3 is 1. The number of nitrogens with zero attached hydrogens (tertiary/aromatic N) is 2. The van der Waals surface area contributed by atoms with E-state index < -0.39 is 30.2 Å². The van der Waals surface area contributed by atoms with Gasteiger partial charge < -0.3 is 19.5 Å². The Bertz CT molecular complexity index is 1280. The molecule has 0 aliphatic rings. The lowest BCUT2D eigenvalue weighted by Gasteiger charge is -2.15. The topological polar surface area (TPSA) is 91.7 Å². The van der Waals surface area contributed by atoms with E-state index in [1.807, 2.05) is 12.1 Å². The van der Waals surface area contributed by atoms with E-state index in [-0.39, 0.29) is 30.2 Å². The zero-order chi connectivity index (χ0) is 27.2. The molecule has 0 atom stereocenters. The van der Waals surface area contributed by atoms with Crippen molar-refractivity contribution in [2.45, 2.75) is 26.6 Å². The van der Waals surface area contributed by atoms with Gasteiger partial charge in [0.25, 0.3) is 5.91 Å². The molecule has 198 valence electrons. The van der Waals surface area contributed by atoms with Crippen molar-refractivity contribution in [1.29, 1.82) is 0 Å². The zero-order valence-corrected chi connectivity index (χ0v) is 21.1. The Hall–Kier alpha value is -3.57. The van der Waals surface area contributed by atoms with Gasteiger partial charge in [-0.2, -0.15) is 18.3 Å². The van der Waals surface area contributed by atoms with Crippen LogP contribution in [0.2, 0.25) is 5.02 Å². The second-order valence-electron chi connectivity index (χ2n) is 7.97. The summed E-state index contributed by atoms with van der Waals surface area (Å²) in [5, 5.41) is 7.23. The summed E-state index contributed by atoms with van der Waals surface area (Å²) in [5.74, 6) is -1.63. The third-order valence-electron chi connectivity index (χ3n) is 5.32. The molecule has 0 radical (unpaired) electrons. The van der Waals surface area contributed by atoms with E-state index in [0.717, 1.165) is 23.8 Å². The predicted molar refractivity (Wildman–Crippen MR) is 130 cm³/mol. The van der Waals surface area contributed by atoms with Crippen LogP contribution in [-0.2, 0) is 27.0 Å². The average molecular weight is 540 g/mol. The summed E-state index contributed by atoms with van der Waals surface area (Å²) < 4.78 is 56.5. The van der Waals surface area contributed by atoms with Gasteiger partial charge in [0.05, 0.1) is 35.8 Å². The Morgan fingerprint density at radius 3 is 2.51 bits per heavy atom. The molecule has 3 aromatic rings. The fourth-order valence-corrected chi connectivity index (χ4v) is 3.68. The van der Waals surface area contributed by atoms with Crippen LogP contribution in [0.1, 0.15) is 32.9 Å². The first-order valence-corrected chi connectivity index (χ1v) is 11.5. The average Bonchev–Trinajstić information content (AvgIpc) is 3.12. The van der Waals surface area contributed by atoms with Gasteiger partial charge in [0, 0.05) is 12.1 Å². The quantitative estimate of drug-likeness (QED) is 0.287. The second-order valence-corrected chi connectivity index (χ2v) is 8.38. The number of amides is 1. The number of aryl methyl sites for hydroxylation is 1. The number of carbonyl (C=O) groups excluding carboxylic acids is 2. The number of ether oxygens (including phenoxy) is 3. The number of hydrogen-bond donors (Lipinski definition) is 1. The summed E-state index contributed by atoms with van der Waals surface area (Å²) in [6.07, 6.45) is -4.63. The Kier molecular flexibility index (Phi) is 9.17. The molecule has 0 aliphatic carbocycles. The lowest BCUT2D eigenvalue weighted by Crippen LogP contribution is -2.22. The Morgan fingerprint density at radius 1 is 1.11 bits per heavy atom. The van der Waals surface area contributed by atoms with Gasteiger partial charge in [-0.25, -0.2) is 4.79 Å². The fraction of sp³-hybridized carbons (Fsp3) is 0.320. The molecule has 1 aromatic heterocycles. The van der Waals surface area contributed by atoms with Gasteiger partial charge in [-0.05, 0) is 43.7 Å². The van der Waals surface area contributed by atoms with Crippen LogP contribution < -0.4 is 10.1 Å². The van der Waals surface area contributed by atoms with Crippen LogP contribution >= 0.6 is 11.6 Å². The van der Waals surface area contributed by atoms with Gasteiger partial charge in [0.15, 0.2) is 6.61 Å². The fourth-order valence-electron chi connectivity index (χ4n) is 3.49. The number of rotatable bonds is 10. The molecular formula is C25H25ClF3N3O5. The first kappa shape index (κ1) is 28.0. The van der Waals surface area contributed by atoms with E-state index in [2.05, 4.69) is 10.4 Å². The van der Waals surface area contributed by atoms with Gasteiger partial charge >= 0.3 is 12.1 Å². The molecule has 12 heteroatoms. The van der Waals surface area contributed by atoms with E-state index in [1.54, 1.807) is 30.7 Å². The van der Waals surface area contributed by atoms with Crippen LogP contribution in [-0.4, -0.2) is 48.6 Å². The molecule has 0 unspecified atom stereocenters. The number of alkyl halides is 3. The van der Waals surface area contributed by atoms with Crippen LogP contribution in [0.15, 0.2) is 42.5 Å². The second kappa shape index (κ2) is 12.1. The first-order valence-electron chi connectivity index (χ1n) is 11.1. The number of benzene rings is 2. The van der Waals surface area contributed by atoms with Gasteiger partial charge in [-0.15, -0.1) is 0 Å². The van der Waals surface area contributed by atoms with Crippen molar-refractivity contribution >= 4 is 29.2 Å². The summed E-state index contributed by atoms with van der Waals surface area (Å²) in [6, 6.07) is 9.89. The van der Waals surface area contributed by atoms with Crippen molar-refractivity contribution in [3.63, 3.8) is 0 Å².